The van der Waals surface area contributed by atoms with Crippen LogP contribution in [-0.2, 0) is 33.2 Å². The summed E-state index contributed by atoms with van der Waals surface area (Å²) in [5.41, 5.74) is 0. The number of amides is 1. The second-order valence-electron chi connectivity index (χ2n) is 27.4. The van der Waals surface area contributed by atoms with Crippen LogP contribution in [0.5, 0.6) is 0 Å². The first kappa shape index (κ1) is 87.7. The van der Waals surface area contributed by atoms with Gasteiger partial charge in [-0.15, -0.1) is 0 Å². The van der Waals surface area contributed by atoms with Gasteiger partial charge in [0.05, 0.1) is 38.6 Å². The molecule has 3 saturated heterocycles. The molecule has 17 unspecified atom stereocenters. The van der Waals surface area contributed by atoms with Gasteiger partial charge in [-0.3, -0.25) is 4.79 Å². The summed E-state index contributed by atoms with van der Waals surface area (Å²) >= 11 is 0. The predicted molar refractivity (Wildman–Crippen MR) is 379 cm³/mol. The van der Waals surface area contributed by atoms with Gasteiger partial charge >= 0.3 is 0 Å². The SMILES string of the molecule is CC/C=C\C/C=C\C/C=C\C/C=C\CCCCCCCCCCCCCCCCCCCCCCCCCCCCC(=O)NC(COC1OC(CO)C(OC2OC(CO)C(OC3OC(CO)C(O)C(O)C3O)C(O)C2O)C(O)C1O)C(O)/C=C/CCCCCCCCCCCC. The van der Waals surface area contributed by atoms with E-state index in [4.69, 9.17) is 28.4 Å². The van der Waals surface area contributed by atoms with Gasteiger partial charge in [-0.2, -0.15) is 0 Å². The van der Waals surface area contributed by atoms with E-state index in [1.807, 2.05) is 6.08 Å². The number of hydrogen-bond acceptors (Lipinski definition) is 18. The smallest absolute Gasteiger partial charge is 0.220 e. The van der Waals surface area contributed by atoms with Crippen molar-refractivity contribution in [2.75, 3.05) is 26.4 Å². The summed E-state index contributed by atoms with van der Waals surface area (Å²) in [6.07, 6.45) is 46.7. The van der Waals surface area contributed by atoms with Crippen molar-refractivity contribution in [1.82, 2.24) is 5.32 Å². The highest BCUT2D eigenvalue weighted by Crippen LogP contribution is 2.33. The molecule has 3 heterocycles. The Balaban J connectivity index is 1.28. The number of rotatable bonds is 60. The number of hydrogen-bond donors (Lipinski definition) is 12. The number of ether oxygens (including phenoxy) is 6. The topological polar surface area (TPSA) is 307 Å². The van der Waals surface area contributed by atoms with Gasteiger partial charge in [0, 0.05) is 6.42 Å². The Morgan fingerprint density at radius 2 is 0.719 bits per heavy atom. The molecule has 0 aromatic heterocycles. The highest BCUT2D eigenvalue weighted by atomic mass is 16.8. The maximum absolute atomic E-state index is 13.4. The van der Waals surface area contributed by atoms with Crippen LogP contribution in [0.25, 0.3) is 0 Å². The minimum Gasteiger partial charge on any atom is -0.394 e. The van der Waals surface area contributed by atoms with Gasteiger partial charge in [0.25, 0.3) is 0 Å². The lowest BCUT2D eigenvalue weighted by Gasteiger charge is -2.48. The van der Waals surface area contributed by atoms with E-state index in [0.717, 1.165) is 70.6 Å². The van der Waals surface area contributed by atoms with E-state index in [0.29, 0.717) is 6.42 Å². The second-order valence-corrected chi connectivity index (χ2v) is 27.4. The second kappa shape index (κ2) is 58.0. The zero-order valence-electron chi connectivity index (χ0n) is 59.6. The number of allylic oxidation sites excluding steroid dienone is 9. The van der Waals surface area contributed by atoms with Crippen molar-refractivity contribution in [2.45, 2.75) is 394 Å². The summed E-state index contributed by atoms with van der Waals surface area (Å²) in [7, 11) is 0. The third kappa shape index (κ3) is 38.5. The summed E-state index contributed by atoms with van der Waals surface area (Å²) in [6, 6.07) is -0.971. The molecule has 0 spiro atoms. The van der Waals surface area contributed by atoms with Gasteiger partial charge in [-0.25, -0.2) is 0 Å². The summed E-state index contributed by atoms with van der Waals surface area (Å²) in [5.74, 6) is -0.272. The van der Waals surface area contributed by atoms with Crippen LogP contribution in [0.15, 0.2) is 60.8 Å². The summed E-state index contributed by atoms with van der Waals surface area (Å²) in [6.45, 7) is 1.62. The van der Waals surface area contributed by atoms with E-state index in [-0.39, 0.29) is 18.9 Å². The van der Waals surface area contributed by atoms with E-state index in [1.165, 1.54) is 193 Å². The molecule has 560 valence electrons. The monoisotopic (exact) mass is 1370 g/mol. The van der Waals surface area contributed by atoms with Crippen LogP contribution < -0.4 is 5.32 Å². The van der Waals surface area contributed by atoms with E-state index in [9.17, 15) is 61.0 Å². The molecule has 0 aromatic rings. The first-order valence-electron chi connectivity index (χ1n) is 38.5. The van der Waals surface area contributed by atoms with Crippen molar-refractivity contribution >= 4 is 5.91 Å². The molecule has 0 radical (unpaired) electrons. The molecule has 0 aliphatic carbocycles. The standard InChI is InChI=1S/C77H139NO18/c1-3-5-7-9-11-13-15-17-18-19-20-21-22-23-24-25-26-27-28-29-30-31-32-33-34-35-36-37-38-39-40-41-42-43-45-47-49-51-53-55-65(83)78-60(61(82)54-52-50-48-46-44-16-14-12-10-8-6-4-2)59-91-75-71(89)68(86)73(63(57-80)93-75)96-77-72(90)69(87)74(64(58-81)94-77)95-76-70(88)67(85)66(84)62(56-79)92-76/h5,7,11,13,17-18,20-21,52,54,60-64,66-77,79-82,84-90H,3-4,6,8-10,12,14-16,19,22-51,53,55-59H2,1-2H3,(H,78,83)/b7-5-,13-11-,18-17-,21-20-,54-52+. The number of nitrogens with one attached hydrogen (secondary N) is 1. The highest BCUT2D eigenvalue weighted by molar-refractivity contribution is 5.76. The average molecular weight is 1370 g/mol. The fraction of sp³-hybridized carbons (Fsp3) is 0.857. The van der Waals surface area contributed by atoms with Crippen LogP contribution >= 0.6 is 0 Å². The Hall–Kier alpha value is -2.51. The van der Waals surface area contributed by atoms with Crippen molar-refractivity contribution in [3.63, 3.8) is 0 Å². The lowest BCUT2D eigenvalue weighted by Crippen LogP contribution is -2.66. The molecule has 17 atom stereocenters. The van der Waals surface area contributed by atoms with Crippen molar-refractivity contribution in [3.8, 4) is 0 Å². The molecular weight excluding hydrogens is 1230 g/mol. The molecule has 19 heteroatoms. The normalized spacial score (nSPS) is 27.4. The summed E-state index contributed by atoms with van der Waals surface area (Å²) in [5, 5.41) is 120. The molecule has 0 saturated carbocycles. The van der Waals surface area contributed by atoms with Gasteiger partial charge in [0.1, 0.15) is 73.2 Å². The zero-order chi connectivity index (χ0) is 69.6. The van der Waals surface area contributed by atoms with Crippen molar-refractivity contribution in [2.24, 2.45) is 0 Å². The van der Waals surface area contributed by atoms with Crippen LogP contribution in [0, 0.1) is 0 Å². The maximum atomic E-state index is 13.4. The van der Waals surface area contributed by atoms with Crippen molar-refractivity contribution in [3.05, 3.63) is 60.8 Å². The number of aliphatic hydroxyl groups excluding tert-OH is 11. The number of carbonyl (C=O) groups is 1. The van der Waals surface area contributed by atoms with Gasteiger partial charge in [0.2, 0.25) is 5.91 Å². The first-order valence-corrected chi connectivity index (χ1v) is 38.5. The van der Waals surface area contributed by atoms with E-state index in [1.54, 1.807) is 6.08 Å². The fourth-order valence-corrected chi connectivity index (χ4v) is 12.9. The van der Waals surface area contributed by atoms with Gasteiger partial charge in [0.15, 0.2) is 18.9 Å². The van der Waals surface area contributed by atoms with E-state index in [2.05, 4.69) is 67.8 Å². The molecular formula is C77H139NO18. The Morgan fingerprint density at radius 3 is 1.12 bits per heavy atom. The lowest BCUT2D eigenvalue weighted by atomic mass is 9.96. The largest absolute Gasteiger partial charge is 0.394 e. The maximum Gasteiger partial charge on any atom is 0.220 e. The number of carbonyl (C=O) groups excluding carboxylic acids is 1. The molecule has 3 fully saturated rings. The van der Waals surface area contributed by atoms with Crippen LogP contribution in [0.3, 0.4) is 0 Å². The van der Waals surface area contributed by atoms with Gasteiger partial charge < -0.3 is 89.9 Å². The minimum absolute atomic E-state index is 0.246. The zero-order valence-corrected chi connectivity index (χ0v) is 59.6. The quantitative estimate of drug-likeness (QED) is 0.0199. The number of aliphatic hydroxyl groups is 11. The summed E-state index contributed by atoms with van der Waals surface area (Å²) in [4.78, 5) is 13.4. The molecule has 12 N–H and O–H groups in total. The Bertz CT molecular complexity index is 1970. The molecule has 1 amide bonds. The average Bonchev–Trinajstić information content (AvgIpc) is 0.787. The molecule has 96 heavy (non-hydrogen) atoms. The Morgan fingerprint density at radius 1 is 0.385 bits per heavy atom. The highest BCUT2D eigenvalue weighted by Gasteiger charge is 2.53. The van der Waals surface area contributed by atoms with Crippen LogP contribution in [0.4, 0.5) is 0 Å². The van der Waals surface area contributed by atoms with Crippen LogP contribution in [-0.4, -0.2) is 193 Å². The fourth-order valence-electron chi connectivity index (χ4n) is 12.9. The summed E-state index contributed by atoms with van der Waals surface area (Å²) < 4.78 is 34.3. The third-order valence-corrected chi connectivity index (χ3v) is 19.1. The van der Waals surface area contributed by atoms with Crippen LogP contribution in [0.1, 0.15) is 290 Å². The Kier molecular flexibility index (Phi) is 53.0. The molecule has 3 rings (SSSR count). The molecule has 3 aliphatic rings. The molecule has 19 nitrogen and oxygen atoms in total. The molecule has 0 bridgehead atoms. The lowest BCUT2D eigenvalue weighted by molar-refractivity contribution is -0.379. The van der Waals surface area contributed by atoms with Crippen molar-refractivity contribution in [1.29, 1.82) is 0 Å². The van der Waals surface area contributed by atoms with E-state index < -0.39 is 124 Å². The van der Waals surface area contributed by atoms with E-state index >= 15 is 0 Å². The third-order valence-electron chi connectivity index (χ3n) is 19.1. The van der Waals surface area contributed by atoms with Crippen LogP contribution in [0.2, 0.25) is 0 Å². The Labute approximate surface area is 579 Å². The van der Waals surface area contributed by atoms with Gasteiger partial charge in [-0.05, 0) is 57.8 Å². The van der Waals surface area contributed by atoms with Crippen molar-refractivity contribution < 1.29 is 89.4 Å². The predicted octanol–water partition coefficient (Wildman–Crippen LogP) is 11.9. The number of unbranched alkanes of at least 4 members (excludes halogenated alkanes) is 36. The minimum atomic E-state index is -1.98. The molecule has 0 aromatic carbocycles. The van der Waals surface area contributed by atoms with Gasteiger partial charge in [-0.1, -0.05) is 286 Å². The molecule has 3 aliphatic heterocycles. The first-order chi connectivity index (χ1) is 46.8.